The molecule has 0 saturated heterocycles. The monoisotopic (exact) mass is 491 g/mol. The summed E-state index contributed by atoms with van der Waals surface area (Å²) in [5.74, 6) is 1.08. The molecule has 3 rings (SSSR count). The van der Waals surface area contributed by atoms with E-state index in [9.17, 15) is 13.2 Å². The molecule has 0 fully saturated rings. The van der Waals surface area contributed by atoms with E-state index in [1.165, 1.54) is 27.8 Å². The van der Waals surface area contributed by atoms with Crippen molar-refractivity contribution >= 4 is 33.0 Å². The average Bonchev–Trinajstić information content (AvgIpc) is 3.40. The summed E-state index contributed by atoms with van der Waals surface area (Å²) in [5.41, 5.74) is 0.815. The summed E-state index contributed by atoms with van der Waals surface area (Å²) in [6.07, 6.45) is -0.175. The van der Waals surface area contributed by atoms with Crippen molar-refractivity contribution < 1.29 is 22.4 Å². The Bertz CT molecular complexity index is 1200. The molecule has 1 aromatic carbocycles. The lowest BCUT2D eigenvalue weighted by Crippen LogP contribution is -2.30. The molecule has 1 amide bonds. The van der Waals surface area contributed by atoms with Gasteiger partial charge in [0.1, 0.15) is 11.5 Å². The van der Waals surface area contributed by atoms with Crippen molar-refractivity contribution in [3.63, 3.8) is 0 Å². The quantitative estimate of drug-likeness (QED) is 0.441. The number of ether oxygens (including phenoxy) is 1. The minimum Gasteiger partial charge on any atom is -0.489 e. The molecule has 0 unspecified atom stereocenters. The number of rotatable bonds is 10. The standard InChI is InChI=1S/C23H29N3O5S2/c1-6-26(7-2)33(28,29)17-10-11-20(30-15(3)4)19(13-17)24-22(27)14-18-16(5)31-23(25-18)21-9-8-12-32-21/h8-13,15H,6-7,14H2,1-5H3,(H,24,27). The number of carbonyl (C=O) groups is 1. The molecular weight excluding hydrogens is 462 g/mol. The molecule has 178 valence electrons. The highest BCUT2D eigenvalue weighted by Gasteiger charge is 2.24. The van der Waals surface area contributed by atoms with Gasteiger partial charge in [0, 0.05) is 13.1 Å². The van der Waals surface area contributed by atoms with Gasteiger partial charge in [-0.2, -0.15) is 4.31 Å². The van der Waals surface area contributed by atoms with E-state index >= 15 is 0 Å². The number of anilines is 1. The lowest BCUT2D eigenvalue weighted by Gasteiger charge is -2.20. The summed E-state index contributed by atoms with van der Waals surface area (Å²) in [7, 11) is -3.69. The van der Waals surface area contributed by atoms with E-state index < -0.39 is 10.0 Å². The number of oxazole rings is 1. The van der Waals surface area contributed by atoms with E-state index in [2.05, 4.69) is 10.3 Å². The predicted octanol–water partition coefficient (Wildman–Crippen LogP) is 4.71. The number of carbonyl (C=O) groups excluding carboxylic acids is 1. The summed E-state index contributed by atoms with van der Waals surface area (Å²) in [4.78, 5) is 18.3. The fourth-order valence-corrected chi connectivity index (χ4v) is 5.41. The summed E-state index contributed by atoms with van der Waals surface area (Å²) < 4.78 is 38.8. The van der Waals surface area contributed by atoms with Gasteiger partial charge in [0.15, 0.2) is 0 Å². The second-order valence-electron chi connectivity index (χ2n) is 7.64. The molecule has 10 heteroatoms. The van der Waals surface area contributed by atoms with Crippen molar-refractivity contribution in [1.29, 1.82) is 0 Å². The van der Waals surface area contributed by atoms with Gasteiger partial charge in [0.05, 0.1) is 33.7 Å². The molecule has 1 N–H and O–H groups in total. The zero-order chi connectivity index (χ0) is 24.2. The molecule has 0 aliphatic carbocycles. The third kappa shape index (κ3) is 5.82. The maximum Gasteiger partial charge on any atom is 0.243 e. The third-order valence-electron chi connectivity index (χ3n) is 4.88. The van der Waals surface area contributed by atoms with Crippen LogP contribution < -0.4 is 10.1 Å². The van der Waals surface area contributed by atoms with E-state index in [-0.39, 0.29) is 23.3 Å². The summed E-state index contributed by atoms with van der Waals surface area (Å²) in [6.45, 7) is 9.74. The van der Waals surface area contributed by atoms with Gasteiger partial charge in [-0.05, 0) is 50.4 Å². The smallest absolute Gasteiger partial charge is 0.243 e. The highest BCUT2D eigenvalue weighted by molar-refractivity contribution is 7.89. The maximum absolute atomic E-state index is 13.0. The van der Waals surface area contributed by atoms with Crippen LogP contribution in [0.2, 0.25) is 0 Å². The number of sulfonamides is 1. The van der Waals surface area contributed by atoms with Crippen molar-refractivity contribution in [3.05, 3.63) is 47.2 Å². The largest absolute Gasteiger partial charge is 0.489 e. The second kappa shape index (κ2) is 10.5. The van der Waals surface area contributed by atoms with Crippen LogP contribution in [0.5, 0.6) is 5.75 Å². The number of nitrogens with one attached hydrogen (secondary N) is 1. The van der Waals surface area contributed by atoms with E-state index in [0.29, 0.717) is 41.9 Å². The molecule has 0 atom stereocenters. The van der Waals surface area contributed by atoms with Gasteiger partial charge in [-0.3, -0.25) is 4.79 Å². The number of thiophene rings is 1. The molecule has 0 bridgehead atoms. The zero-order valence-corrected chi connectivity index (χ0v) is 21.0. The number of aromatic nitrogens is 1. The SMILES string of the molecule is CCN(CC)S(=O)(=O)c1ccc(OC(C)C)c(NC(=O)Cc2nc(-c3cccs3)oc2C)c1. The lowest BCUT2D eigenvalue weighted by molar-refractivity contribution is -0.115. The molecular formula is C23H29N3O5S2. The van der Waals surface area contributed by atoms with Crippen molar-refractivity contribution in [3.8, 4) is 16.5 Å². The predicted molar refractivity (Wildman–Crippen MR) is 129 cm³/mol. The Balaban J connectivity index is 1.87. The fraction of sp³-hybridized carbons (Fsp3) is 0.391. The molecule has 33 heavy (non-hydrogen) atoms. The molecule has 0 saturated carbocycles. The van der Waals surface area contributed by atoms with Crippen molar-refractivity contribution in [2.45, 2.75) is 52.0 Å². The Morgan fingerprint density at radius 3 is 2.58 bits per heavy atom. The highest BCUT2D eigenvalue weighted by atomic mass is 32.2. The van der Waals surface area contributed by atoms with Crippen LogP contribution in [0.15, 0.2) is 45.0 Å². The first kappa shape index (κ1) is 24.9. The van der Waals surface area contributed by atoms with Crippen LogP contribution in [0.1, 0.15) is 39.1 Å². The first-order valence-corrected chi connectivity index (χ1v) is 13.1. The van der Waals surface area contributed by atoms with Crippen LogP contribution in [0.3, 0.4) is 0 Å². The minimum atomic E-state index is -3.69. The van der Waals surface area contributed by atoms with Crippen LogP contribution in [-0.2, 0) is 21.2 Å². The van der Waals surface area contributed by atoms with Gasteiger partial charge in [-0.1, -0.05) is 19.9 Å². The lowest BCUT2D eigenvalue weighted by atomic mass is 10.2. The van der Waals surface area contributed by atoms with Crippen molar-refractivity contribution in [2.75, 3.05) is 18.4 Å². The van der Waals surface area contributed by atoms with Crippen LogP contribution in [-0.4, -0.2) is 42.8 Å². The van der Waals surface area contributed by atoms with Crippen LogP contribution in [0.4, 0.5) is 5.69 Å². The van der Waals surface area contributed by atoms with Gasteiger partial charge >= 0.3 is 0 Å². The van der Waals surface area contributed by atoms with Gasteiger partial charge < -0.3 is 14.5 Å². The summed E-state index contributed by atoms with van der Waals surface area (Å²) in [6, 6.07) is 8.31. The van der Waals surface area contributed by atoms with Crippen LogP contribution >= 0.6 is 11.3 Å². The molecule has 3 aromatic rings. The van der Waals surface area contributed by atoms with Crippen molar-refractivity contribution in [1.82, 2.24) is 9.29 Å². The molecule has 0 spiro atoms. The molecule has 8 nitrogen and oxygen atoms in total. The zero-order valence-electron chi connectivity index (χ0n) is 19.4. The summed E-state index contributed by atoms with van der Waals surface area (Å²) in [5, 5.41) is 4.72. The second-order valence-corrected chi connectivity index (χ2v) is 10.5. The normalized spacial score (nSPS) is 11.8. The molecule has 0 aliphatic rings. The topological polar surface area (TPSA) is 102 Å². The molecule has 2 heterocycles. The van der Waals surface area contributed by atoms with Gasteiger partial charge in [0.2, 0.25) is 21.8 Å². The maximum atomic E-state index is 13.0. The molecule has 0 aliphatic heterocycles. The Morgan fingerprint density at radius 2 is 1.97 bits per heavy atom. The number of aryl methyl sites for hydroxylation is 1. The van der Waals surface area contributed by atoms with E-state index in [0.717, 1.165) is 4.88 Å². The van der Waals surface area contributed by atoms with Crippen LogP contribution in [0.25, 0.3) is 10.8 Å². The van der Waals surface area contributed by atoms with Gasteiger partial charge in [-0.15, -0.1) is 11.3 Å². The number of amides is 1. The number of hydrogen-bond donors (Lipinski definition) is 1. The first-order valence-electron chi connectivity index (χ1n) is 10.8. The number of nitrogens with zero attached hydrogens (tertiary/aromatic N) is 2. The third-order valence-corrected chi connectivity index (χ3v) is 7.79. The first-order chi connectivity index (χ1) is 15.6. The Hall–Kier alpha value is -2.69. The van der Waals surface area contributed by atoms with E-state index in [1.54, 1.807) is 26.8 Å². The average molecular weight is 492 g/mol. The summed E-state index contributed by atoms with van der Waals surface area (Å²) >= 11 is 1.50. The van der Waals surface area contributed by atoms with Gasteiger partial charge in [0.25, 0.3) is 0 Å². The molecule has 0 radical (unpaired) electrons. The Morgan fingerprint density at radius 1 is 1.24 bits per heavy atom. The minimum absolute atomic E-state index is 0.0190. The van der Waals surface area contributed by atoms with E-state index in [4.69, 9.17) is 9.15 Å². The Labute approximate surface area is 198 Å². The fourth-order valence-electron chi connectivity index (χ4n) is 3.28. The van der Waals surface area contributed by atoms with Gasteiger partial charge in [-0.25, -0.2) is 13.4 Å². The van der Waals surface area contributed by atoms with E-state index in [1.807, 2.05) is 31.4 Å². The number of benzene rings is 1. The van der Waals surface area contributed by atoms with Crippen molar-refractivity contribution in [2.24, 2.45) is 0 Å². The Kier molecular flexibility index (Phi) is 7.93. The highest BCUT2D eigenvalue weighted by Crippen LogP contribution is 2.31. The number of hydrogen-bond acceptors (Lipinski definition) is 7. The molecule has 2 aromatic heterocycles. The van der Waals surface area contributed by atoms with Crippen LogP contribution in [0, 0.1) is 6.92 Å².